The van der Waals surface area contributed by atoms with Gasteiger partial charge in [0.05, 0.1) is 0 Å². The Bertz CT molecular complexity index is 561. The molecule has 0 spiro atoms. The van der Waals surface area contributed by atoms with Gasteiger partial charge in [0.2, 0.25) is 11.8 Å². The summed E-state index contributed by atoms with van der Waals surface area (Å²) in [4.78, 5) is 35.5. The molecule has 1 rings (SSSR count). The van der Waals surface area contributed by atoms with Crippen LogP contribution in [0.1, 0.15) is 78.1 Å². The zero-order valence-corrected chi connectivity index (χ0v) is 18.3. The number of nitro groups is 1. The Balaban J connectivity index is 2.51. The first-order valence-corrected chi connectivity index (χ1v) is 11.1. The van der Waals surface area contributed by atoms with E-state index < -0.39 is 17.0 Å². The molecule has 1 aliphatic rings. The number of rotatable bonds is 12. The van der Waals surface area contributed by atoms with Gasteiger partial charge in [-0.15, -0.1) is 0 Å². The van der Waals surface area contributed by atoms with E-state index in [1.165, 1.54) is 12.8 Å². The first kappa shape index (κ1) is 25.6. The van der Waals surface area contributed by atoms with E-state index in [2.05, 4.69) is 29.8 Å². The Morgan fingerprint density at radius 2 is 1.73 bits per heavy atom. The molecule has 1 aliphatic carbocycles. The number of amides is 2. The molecule has 10 nitrogen and oxygen atoms in total. The van der Waals surface area contributed by atoms with Gasteiger partial charge in [-0.05, 0) is 43.9 Å². The van der Waals surface area contributed by atoms with Crippen LogP contribution in [0.2, 0.25) is 0 Å². The van der Waals surface area contributed by atoms with E-state index in [0.717, 1.165) is 32.1 Å². The van der Waals surface area contributed by atoms with Gasteiger partial charge in [-0.25, -0.2) is 10.1 Å². The number of carbonyl (C=O) groups excluding carboxylic acids is 2. The predicted octanol–water partition coefficient (Wildman–Crippen LogP) is 2.08. The molecule has 0 radical (unpaired) electrons. The highest BCUT2D eigenvalue weighted by Gasteiger charge is 2.23. The molecule has 0 aliphatic heterocycles. The zero-order chi connectivity index (χ0) is 22.4. The predicted molar refractivity (Wildman–Crippen MR) is 115 cm³/mol. The van der Waals surface area contributed by atoms with Crippen LogP contribution in [0.3, 0.4) is 0 Å². The molecule has 10 heteroatoms. The lowest BCUT2D eigenvalue weighted by molar-refractivity contribution is -0.525. The van der Waals surface area contributed by atoms with Crippen molar-refractivity contribution in [3.05, 3.63) is 10.1 Å². The molecule has 5 N–H and O–H groups in total. The summed E-state index contributed by atoms with van der Waals surface area (Å²) in [6, 6.07) is -0.644. The van der Waals surface area contributed by atoms with E-state index in [0.29, 0.717) is 37.6 Å². The summed E-state index contributed by atoms with van der Waals surface area (Å²) in [5, 5.41) is 25.2. The van der Waals surface area contributed by atoms with E-state index in [-0.39, 0.29) is 18.4 Å². The van der Waals surface area contributed by atoms with Crippen LogP contribution in [-0.2, 0) is 9.59 Å². The molecule has 172 valence electrons. The Morgan fingerprint density at radius 1 is 1.07 bits per heavy atom. The number of hydrogen-bond donors (Lipinski definition) is 5. The normalized spacial score (nSPS) is 15.7. The summed E-state index contributed by atoms with van der Waals surface area (Å²) in [6.45, 7) is 5.00. The van der Waals surface area contributed by atoms with Crippen LogP contribution in [0.4, 0.5) is 0 Å². The largest absolute Gasteiger partial charge is 0.354 e. The Kier molecular flexibility index (Phi) is 12.5. The highest BCUT2D eigenvalue weighted by Crippen LogP contribution is 2.25. The van der Waals surface area contributed by atoms with Gasteiger partial charge < -0.3 is 16.0 Å². The number of carbonyl (C=O) groups is 2. The molecular formula is C20H38N6O4. The van der Waals surface area contributed by atoms with Crippen LogP contribution in [0.25, 0.3) is 0 Å². The lowest BCUT2D eigenvalue weighted by Crippen LogP contribution is -2.48. The molecule has 1 atom stereocenters. The molecule has 0 aromatic heterocycles. The topological polar surface area (TPSA) is 149 Å². The van der Waals surface area contributed by atoms with Crippen molar-refractivity contribution in [1.82, 2.24) is 21.4 Å². The number of guanidine groups is 1. The molecule has 0 unspecified atom stereocenters. The van der Waals surface area contributed by atoms with E-state index in [1.54, 1.807) is 5.43 Å². The molecule has 0 saturated heterocycles. The van der Waals surface area contributed by atoms with E-state index in [1.807, 2.05) is 0 Å². The highest BCUT2D eigenvalue weighted by atomic mass is 16.7. The van der Waals surface area contributed by atoms with Crippen LogP contribution in [0, 0.1) is 27.4 Å². The summed E-state index contributed by atoms with van der Waals surface area (Å²) in [7, 11) is 0. The van der Waals surface area contributed by atoms with Gasteiger partial charge >= 0.3 is 0 Å². The smallest absolute Gasteiger partial charge is 0.251 e. The van der Waals surface area contributed by atoms with Crippen molar-refractivity contribution in [2.24, 2.45) is 11.8 Å². The van der Waals surface area contributed by atoms with Crippen molar-refractivity contribution in [1.29, 1.82) is 5.41 Å². The fraction of sp³-hybridized carbons (Fsp3) is 0.850. The lowest BCUT2D eigenvalue weighted by Gasteiger charge is -2.21. The minimum Gasteiger partial charge on any atom is -0.354 e. The van der Waals surface area contributed by atoms with Crippen molar-refractivity contribution in [2.75, 3.05) is 13.1 Å². The second kappa shape index (κ2) is 14.6. The number of nitrogens with zero attached hydrogens (tertiary/aromatic N) is 1. The maximum absolute atomic E-state index is 12.6. The summed E-state index contributed by atoms with van der Waals surface area (Å²) in [6.07, 6.45) is 9.09. The first-order valence-electron chi connectivity index (χ1n) is 11.1. The third kappa shape index (κ3) is 12.2. The fourth-order valence-electron chi connectivity index (χ4n) is 3.61. The fourth-order valence-corrected chi connectivity index (χ4v) is 3.61. The van der Waals surface area contributed by atoms with Gasteiger partial charge in [0.15, 0.2) is 5.03 Å². The zero-order valence-electron chi connectivity index (χ0n) is 18.3. The third-order valence-electron chi connectivity index (χ3n) is 5.30. The van der Waals surface area contributed by atoms with Crippen molar-refractivity contribution < 1.29 is 14.6 Å². The average molecular weight is 427 g/mol. The quantitative estimate of drug-likeness (QED) is 0.0805. The van der Waals surface area contributed by atoms with E-state index >= 15 is 0 Å². The van der Waals surface area contributed by atoms with Crippen molar-refractivity contribution >= 4 is 17.8 Å². The molecule has 30 heavy (non-hydrogen) atoms. The van der Waals surface area contributed by atoms with E-state index in [9.17, 15) is 19.7 Å². The van der Waals surface area contributed by atoms with Crippen molar-refractivity contribution in [2.45, 2.75) is 84.1 Å². The van der Waals surface area contributed by atoms with Crippen molar-refractivity contribution in [3.63, 3.8) is 0 Å². The van der Waals surface area contributed by atoms with Crippen LogP contribution in [0.5, 0.6) is 0 Å². The summed E-state index contributed by atoms with van der Waals surface area (Å²) in [5.41, 5.74) is 1.72. The summed E-state index contributed by atoms with van der Waals surface area (Å²) >= 11 is 0. The molecular weight excluding hydrogens is 388 g/mol. The van der Waals surface area contributed by atoms with Gasteiger partial charge in [-0.1, -0.05) is 45.0 Å². The number of hydrogen-bond acceptors (Lipinski definition) is 5. The molecule has 0 aromatic rings. The van der Waals surface area contributed by atoms with Gasteiger partial charge in [0.1, 0.15) is 6.04 Å². The Hall–Kier alpha value is -2.39. The number of hydrazine groups is 1. The third-order valence-corrected chi connectivity index (χ3v) is 5.30. The molecule has 0 aromatic carbocycles. The molecule has 0 heterocycles. The lowest BCUT2D eigenvalue weighted by atomic mass is 9.96. The van der Waals surface area contributed by atoms with Crippen LogP contribution >= 0.6 is 0 Å². The van der Waals surface area contributed by atoms with Gasteiger partial charge in [-0.2, -0.15) is 0 Å². The monoisotopic (exact) mass is 426 g/mol. The van der Waals surface area contributed by atoms with Gasteiger partial charge in [-0.3, -0.25) is 15.0 Å². The minimum atomic E-state index is -0.811. The Labute approximate surface area is 178 Å². The van der Waals surface area contributed by atoms with E-state index in [4.69, 9.17) is 5.41 Å². The molecule has 2 amide bonds. The van der Waals surface area contributed by atoms with Crippen LogP contribution < -0.4 is 21.4 Å². The SMILES string of the molecule is CC(C)CCNC(=O)[C@H](CCCNC(=N)N[N+](=O)[O-])NC(=O)CC1CCCCCC1. The molecule has 0 bridgehead atoms. The summed E-state index contributed by atoms with van der Waals surface area (Å²) < 4.78 is 0. The minimum absolute atomic E-state index is 0.0957. The standard InChI is InChI=1S/C20H38N6O4/c1-15(2)11-13-22-19(28)17(10-7-12-23-20(21)25-26(29)30)24-18(27)14-16-8-5-3-4-6-9-16/h15-17H,3-14H2,1-2H3,(H,22,28)(H,24,27)(H3,21,23,25)/t17-/m0/s1. The van der Waals surface area contributed by atoms with Gasteiger partial charge in [0, 0.05) is 19.5 Å². The van der Waals surface area contributed by atoms with Crippen LogP contribution in [0.15, 0.2) is 0 Å². The Morgan fingerprint density at radius 3 is 2.33 bits per heavy atom. The average Bonchev–Trinajstić information content (AvgIpc) is 2.91. The van der Waals surface area contributed by atoms with Crippen molar-refractivity contribution in [3.8, 4) is 0 Å². The molecule has 1 saturated carbocycles. The van der Waals surface area contributed by atoms with Gasteiger partial charge in [0.25, 0.3) is 5.96 Å². The highest BCUT2D eigenvalue weighted by molar-refractivity contribution is 5.87. The summed E-state index contributed by atoms with van der Waals surface area (Å²) in [5.74, 6) is 0.144. The second-order valence-electron chi connectivity index (χ2n) is 8.47. The maximum Gasteiger partial charge on any atom is 0.251 e. The second-order valence-corrected chi connectivity index (χ2v) is 8.47. The first-order chi connectivity index (χ1) is 14.3. The van der Waals surface area contributed by atoms with Crippen LogP contribution in [-0.4, -0.2) is 41.9 Å². The molecule has 1 fully saturated rings. The number of nitrogens with one attached hydrogen (secondary N) is 5. The maximum atomic E-state index is 12.6.